The zero-order valence-electron chi connectivity index (χ0n) is 18.2. The average Bonchev–Trinajstić information content (AvgIpc) is 2.56. The number of nitrogens with zero attached hydrogens (tertiary/aromatic N) is 1. The molecule has 0 spiro atoms. The molecule has 0 unspecified atom stereocenters. The van der Waals surface area contributed by atoms with Crippen LogP contribution < -0.4 is 10.1 Å². The van der Waals surface area contributed by atoms with Crippen molar-refractivity contribution in [2.24, 2.45) is 11.8 Å². The predicted molar refractivity (Wildman–Crippen MR) is 111 cm³/mol. The molecule has 1 rings (SSSR count). The second kappa shape index (κ2) is 11.3. The summed E-state index contributed by atoms with van der Waals surface area (Å²) in [6, 6.07) is 3.68. The Kier molecular flexibility index (Phi) is 9.78. The second-order valence-electron chi connectivity index (χ2n) is 8.06. The summed E-state index contributed by atoms with van der Waals surface area (Å²) in [5, 5.41) is 3.06. The number of anilines is 1. The van der Waals surface area contributed by atoms with Crippen molar-refractivity contribution in [3.8, 4) is 5.88 Å². The third kappa shape index (κ3) is 7.49. The van der Waals surface area contributed by atoms with E-state index >= 15 is 0 Å². The molecule has 0 radical (unpaired) electrons. The summed E-state index contributed by atoms with van der Waals surface area (Å²) in [4.78, 5) is 17.7. The van der Waals surface area contributed by atoms with Gasteiger partial charge in [-0.05, 0) is 51.0 Å². The first-order valence-corrected chi connectivity index (χ1v) is 10.3. The van der Waals surface area contributed by atoms with Crippen LogP contribution in [0.15, 0.2) is 12.1 Å². The lowest BCUT2D eigenvalue weighted by Crippen LogP contribution is -2.47. The number of pyridine rings is 1. The van der Waals surface area contributed by atoms with Gasteiger partial charge in [-0.25, -0.2) is 4.98 Å². The van der Waals surface area contributed by atoms with Crippen molar-refractivity contribution in [1.29, 1.82) is 0 Å². The molecule has 154 valence electrons. The molecule has 27 heavy (non-hydrogen) atoms. The van der Waals surface area contributed by atoms with Crippen LogP contribution in [0, 0.1) is 18.8 Å². The molecule has 0 aromatic carbocycles. The number of unbranched alkanes of at least 4 members (excludes halogenated alkanes) is 1. The molecular weight excluding hydrogens is 340 g/mol. The Morgan fingerprint density at radius 3 is 2.26 bits per heavy atom. The van der Waals surface area contributed by atoms with Crippen LogP contribution in [0.5, 0.6) is 5.88 Å². The first kappa shape index (κ1) is 23.4. The number of amides is 1. The maximum Gasteiger partial charge on any atom is 0.256 e. The number of carbonyl (C=O) groups is 1. The van der Waals surface area contributed by atoms with Crippen LogP contribution >= 0.6 is 0 Å². The van der Waals surface area contributed by atoms with Crippen LogP contribution in [0.25, 0.3) is 0 Å². The van der Waals surface area contributed by atoms with Gasteiger partial charge in [0.25, 0.3) is 5.91 Å². The van der Waals surface area contributed by atoms with Crippen molar-refractivity contribution in [3.05, 3.63) is 17.8 Å². The van der Waals surface area contributed by atoms with Crippen molar-refractivity contribution in [2.45, 2.75) is 79.8 Å². The molecule has 1 aromatic heterocycles. The fraction of sp³-hybridized carbons (Fsp3) is 0.727. The topological polar surface area (TPSA) is 60.5 Å². The molecule has 1 amide bonds. The molecule has 1 N–H and O–H groups in total. The minimum atomic E-state index is -0.820. The molecule has 0 aliphatic rings. The number of ether oxygens (including phenoxy) is 2. The SMILES string of the molecule is CCCCOc1ccc(NC(=O)C(CC(C)C)(CC(C)C)OCC)c(C)n1. The molecular formula is C22H38N2O3. The van der Waals surface area contributed by atoms with Gasteiger partial charge in [0, 0.05) is 12.7 Å². The van der Waals surface area contributed by atoms with E-state index in [4.69, 9.17) is 9.47 Å². The zero-order chi connectivity index (χ0) is 20.4. The van der Waals surface area contributed by atoms with Crippen molar-refractivity contribution in [1.82, 2.24) is 4.98 Å². The Morgan fingerprint density at radius 1 is 1.15 bits per heavy atom. The monoisotopic (exact) mass is 378 g/mol. The minimum Gasteiger partial charge on any atom is -0.478 e. The smallest absolute Gasteiger partial charge is 0.256 e. The van der Waals surface area contributed by atoms with Gasteiger partial charge >= 0.3 is 0 Å². The molecule has 5 heteroatoms. The van der Waals surface area contributed by atoms with Gasteiger partial charge in [0.15, 0.2) is 0 Å². The number of rotatable bonds is 12. The number of hydrogen-bond acceptors (Lipinski definition) is 4. The quantitative estimate of drug-likeness (QED) is 0.496. The predicted octanol–water partition coefficient (Wildman–Crippen LogP) is 5.37. The summed E-state index contributed by atoms with van der Waals surface area (Å²) < 4.78 is 11.7. The maximum absolute atomic E-state index is 13.2. The van der Waals surface area contributed by atoms with Crippen LogP contribution in [0.4, 0.5) is 5.69 Å². The molecule has 0 fully saturated rings. The fourth-order valence-corrected chi connectivity index (χ4v) is 3.36. The van der Waals surface area contributed by atoms with Crippen LogP contribution in [0.3, 0.4) is 0 Å². The lowest BCUT2D eigenvalue weighted by molar-refractivity contribution is -0.146. The van der Waals surface area contributed by atoms with E-state index in [1.54, 1.807) is 0 Å². The normalized spacial score (nSPS) is 11.9. The van der Waals surface area contributed by atoms with Gasteiger partial charge in [0.2, 0.25) is 5.88 Å². The van der Waals surface area contributed by atoms with Gasteiger partial charge in [-0.1, -0.05) is 41.0 Å². The van der Waals surface area contributed by atoms with Crippen LogP contribution in [0.1, 0.15) is 72.9 Å². The van der Waals surface area contributed by atoms with Crippen molar-refractivity contribution in [3.63, 3.8) is 0 Å². The Hall–Kier alpha value is -1.62. The molecule has 0 saturated carbocycles. The average molecular weight is 379 g/mol. The van der Waals surface area contributed by atoms with E-state index in [1.807, 2.05) is 26.0 Å². The Balaban J connectivity index is 2.99. The number of carbonyl (C=O) groups excluding carboxylic acids is 1. The van der Waals surface area contributed by atoms with Crippen molar-refractivity contribution >= 4 is 11.6 Å². The lowest BCUT2D eigenvalue weighted by atomic mass is 9.83. The van der Waals surface area contributed by atoms with Crippen LogP contribution in [0.2, 0.25) is 0 Å². The van der Waals surface area contributed by atoms with Gasteiger partial charge in [0.05, 0.1) is 18.0 Å². The standard InChI is InChI=1S/C22H38N2O3/c1-8-10-13-26-20-12-11-19(18(7)23-20)24-21(25)22(27-9-2,14-16(3)4)15-17(5)6/h11-12,16-17H,8-10,13-15H2,1-7H3,(H,24,25). The van der Waals surface area contributed by atoms with Gasteiger partial charge in [-0.2, -0.15) is 0 Å². The second-order valence-corrected chi connectivity index (χ2v) is 8.06. The number of nitrogens with one attached hydrogen (secondary N) is 1. The third-order valence-electron chi connectivity index (χ3n) is 4.37. The van der Waals surface area contributed by atoms with E-state index in [1.165, 1.54) is 0 Å². The van der Waals surface area contributed by atoms with E-state index in [0.29, 0.717) is 49.5 Å². The molecule has 1 heterocycles. The molecule has 0 saturated heterocycles. The molecule has 1 aromatic rings. The van der Waals surface area contributed by atoms with Crippen LogP contribution in [-0.2, 0) is 9.53 Å². The van der Waals surface area contributed by atoms with Gasteiger partial charge in [0.1, 0.15) is 5.60 Å². The molecule has 0 aliphatic heterocycles. The van der Waals surface area contributed by atoms with E-state index in [-0.39, 0.29) is 5.91 Å². The maximum atomic E-state index is 13.2. The highest BCUT2D eigenvalue weighted by Crippen LogP contribution is 2.31. The van der Waals surface area contributed by atoms with E-state index in [0.717, 1.165) is 18.5 Å². The van der Waals surface area contributed by atoms with Gasteiger partial charge in [-0.15, -0.1) is 0 Å². The van der Waals surface area contributed by atoms with E-state index in [2.05, 4.69) is 44.9 Å². The third-order valence-corrected chi connectivity index (χ3v) is 4.37. The summed E-state index contributed by atoms with van der Waals surface area (Å²) >= 11 is 0. The summed E-state index contributed by atoms with van der Waals surface area (Å²) in [7, 11) is 0. The highest BCUT2D eigenvalue weighted by Gasteiger charge is 2.40. The molecule has 0 atom stereocenters. The molecule has 0 bridgehead atoms. The van der Waals surface area contributed by atoms with Crippen LogP contribution in [-0.4, -0.2) is 29.7 Å². The Morgan fingerprint density at radius 2 is 1.78 bits per heavy atom. The minimum absolute atomic E-state index is 0.0868. The summed E-state index contributed by atoms with van der Waals surface area (Å²) in [5.74, 6) is 1.22. The summed E-state index contributed by atoms with van der Waals surface area (Å²) in [5.41, 5.74) is 0.635. The number of aromatic nitrogens is 1. The van der Waals surface area contributed by atoms with Gasteiger partial charge < -0.3 is 14.8 Å². The molecule has 0 aliphatic carbocycles. The van der Waals surface area contributed by atoms with Gasteiger partial charge in [-0.3, -0.25) is 4.79 Å². The summed E-state index contributed by atoms with van der Waals surface area (Å²) in [6.45, 7) is 15.6. The highest BCUT2D eigenvalue weighted by atomic mass is 16.5. The number of aryl methyl sites for hydroxylation is 1. The fourth-order valence-electron chi connectivity index (χ4n) is 3.36. The first-order chi connectivity index (χ1) is 12.7. The number of hydrogen-bond donors (Lipinski definition) is 1. The largest absolute Gasteiger partial charge is 0.478 e. The Labute approximate surface area is 165 Å². The summed E-state index contributed by atoms with van der Waals surface area (Å²) in [6.07, 6.45) is 3.46. The van der Waals surface area contributed by atoms with Crippen molar-refractivity contribution < 1.29 is 14.3 Å². The highest BCUT2D eigenvalue weighted by molar-refractivity contribution is 5.97. The lowest BCUT2D eigenvalue weighted by Gasteiger charge is -2.35. The van der Waals surface area contributed by atoms with E-state index < -0.39 is 5.60 Å². The molecule has 5 nitrogen and oxygen atoms in total. The van der Waals surface area contributed by atoms with E-state index in [9.17, 15) is 4.79 Å². The Bertz CT molecular complexity index is 575. The zero-order valence-corrected chi connectivity index (χ0v) is 18.2. The van der Waals surface area contributed by atoms with Crippen molar-refractivity contribution in [2.75, 3.05) is 18.5 Å². The first-order valence-electron chi connectivity index (χ1n) is 10.3.